The van der Waals surface area contributed by atoms with Crippen molar-refractivity contribution in [1.29, 1.82) is 5.26 Å². The molecule has 1 fully saturated rings. The minimum Gasteiger partial charge on any atom is -0.321 e. The van der Waals surface area contributed by atoms with E-state index in [0.29, 0.717) is 27.8 Å². The van der Waals surface area contributed by atoms with Crippen LogP contribution < -0.4 is 10.2 Å². The van der Waals surface area contributed by atoms with Gasteiger partial charge in [0, 0.05) is 21.4 Å². The van der Waals surface area contributed by atoms with Crippen molar-refractivity contribution in [1.82, 2.24) is 0 Å². The number of aryl methyl sites for hydroxylation is 1. The maximum atomic E-state index is 13.5. The van der Waals surface area contributed by atoms with Crippen LogP contribution >= 0.6 is 35.0 Å². The molecule has 1 heterocycles. The van der Waals surface area contributed by atoms with Crippen LogP contribution in [0.25, 0.3) is 0 Å². The van der Waals surface area contributed by atoms with Crippen LogP contribution in [0.15, 0.2) is 83.4 Å². The first-order valence-electron chi connectivity index (χ1n) is 10.4. The summed E-state index contributed by atoms with van der Waals surface area (Å²) in [5.41, 5.74) is 2.70. The zero-order valence-electron chi connectivity index (χ0n) is 18.1. The summed E-state index contributed by atoms with van der Waals surface area (Å²) < 4.78 is 0. The maximum Gasteiger partial charge on any atom is 0.269 e. The molecule has 170 valence electrons. The second-order valence-electron chi connectivity index (χ2n) is 7.67. The van der Waals surface area contributed by atoms with Crippen molar-refractivity contribution in [2.24, 2.45) is 0 Å². The van der Waals surface area contributed by atoms with Crippen molar-refractivity contribution in [3.63, 3.8) is 0 Å². The fourth-order valence-electron chi connectivity index (χ4n) is 3.61. The maximum absolute atomic E-state index is 13.5. The van der Waals surface area contributed by atoms with Crippen LogP contribution in [0.5, 0.6) is 0 Å². The van der Waals surface area contributed by atoms with Crippen LogP contribution in [-0.4, -0.2) is 17.1 Å². The predicted octanol–water partition coefficient (Wildman–Crippen LogP) is 6.37. The molecule has 1 saturated heterocycles. The van der Waals surface area contributed by atoms with Crippen molar-refractivity contribution in [2.75, 3.05) is 10.2 Å². The number of amides is 2. The van der Waals surface area contributed by atoms with Gasteiger partial charge in [-0.3, -0.25) is 14.5 Å². The molecule has 0 radical (unpaired) electrons. The van der Waals surface area contributed by atoms with Crippen molar-refractivity contribution < 1.29 is 9.59 Å². The smallest absolute Gasteiger partial charge is 0.269 e. The molecule has 1 aliphatic heterocycles. The molecule has 0 unspecified atom stereocenters. The SMILES string of the molecule is Cc1cccc(NC(=O)/C(C#N)=C2\S[C@@H](Cc3cc(Cl)ccc3Cl)C(=O)N2c2ccccc2)c1. The first-order chi connectivity index (χ1) is 16.4. The molecule has 1 N–H and O–H groups in total. The number of nitrogens with one attached hydrogen (secondary N) is 1. The first kappa shape index (κ1) is 23.9. The molecule has 34 heavy (non-hydrogen) atoms. The zero-order valence-corrected chi connectivity index (χ0v) is 20.4. The van der Waals surface area contributed by atoms with Crippen molar-refractivity contribution in [3.8, 4) is 6.07 Å². The first-order valence-corrected chi connectivity index (χ1v) is 12.0. The summed E-state index contributed by atoms with van der Waals surface area (Å²) in [4.78, 5) is 28.1. The molecule has 5 nitrogen and oxygen atoms in total. The van der Waals surface area contributed by atoms with Gasteiger partial charge in [-0.15, -0.1) is 0 Å². The van der Waals surface area contributed by atoms with Gasteiger partial charge in [0.2, 0.25) is 5.91 Å². The molecule has 0 aromatic heterocycles. The minimum atomic E-state index is -0.582. The third-order valence-electron chi connectivity index (χ3n) is 5.21. The number of nitriles is 1. The van der Waals surface area contributed by atoms with E-state index in [4.69, 9.17) is 23.2 Å². The summed E-state index contributed by atoms with van der Waals surface area (Å²) in [6, 6.07) is 23.3. The minimum absolute atomic E-state index is 0.136. The number of nitrogens with zero attached hydrogens (tertiary/aromatic N) is 2. The number of carbonyl (C=O) groups is 2. The number of carbonyl (C=O) groups excluding carboxylic acids is 2. The topological polar surface area (TPSA) is 73.2 Å². The number of benzene rings is 3. The van der Waals surface area contributed by atoms with E-state index < -0.39 is 11.2 Å². The lowest BCUT2D eigenvalue weighted by molar-refractivity contribution is -0.117. The molecule has 8 heteroatoms. The average Bonchev–Trinajstić information content (AvgIpc) is 3.13. The lowest BCUT2D eigenvalue weighted by Gasteiger charge is -2.18. The molecule has 0 saturated carbocycles. The second-order valence-corrected chi connectivity index (χ2v) is 9.71. The fourth-order valence-corrected chi connectivity index (χ4v) is 5.30. The van der Waals surface area contributed by atoms with E-state index in [9.17, 15) is 14.9 Å². The summed E-state index contributed by atoms with van der Waals surface area (Å²) in [5, 5.41) is 13.4. The lowest BCUT2D eigenvalue weighted by atomic mass is 10.1. The van der Waals surface area contributed by atoms with Gasteiger partial charge in [-0.05, 0) is 66.9 Å². The lowest BCUT2D eigenvalue weighted by Crippen LogP contribution is -2.31. The Morgan fingerprint density at radius 2 is 1.85 bits per heavy atom. The molecule has 3 aromatic rings. The van der Waals surface area contributed by atoms with Gasteiger partial charge in [0.15, 0.2) is 0 Å². The van der Waals surface area contributed by atoms with Gasteiger partial charge in [0.05, 0.1) is 5.25 Å². The molecule has 0 aliphatic carbocycles. The number of anilines is 2. The van der Waals surface area contributed by atoms with Gasteiger partial charge < -0.3 is 5.32 Å². The third kappa shape index (κ3) is 5.13. The van der Waals surface area contributed by atoms with Gasteiger partial charge in [-0.2, -0.15) is 5.26 Å². The third-order valence-corrected chi connectivity index (χ3v) is 7.08. The Kier molecular flexibility index (Phi) is 7.28. The van der Waals surface area contributed by atoms with Gasteiger partial charge in [0.1, 0.15) is 16.7 Å². The van der Waals surface area contributed by atoms with Gasteiger partial charge in [-0.1, -0.05) is 65.3 Å². The number of hydrogen-bond donors (Lipinski definition) is 1. The molecule has 3 aromatic carbocycles. The van der Waals surface area contributed by atoms with Gasteiger partial charge in [0.25, 0.3) is 5.91 Å². The predicted molar refractivity (Wildman–Crippen MR) is 138 cm³/mol. The zero-order chi connectivity index (χ0) is 24.2. The van der Waals surface area contributed by atoms with Gasteiger partial charge >= 0.3 is 0 Å². The van der Waals surface area contributed by atoms with Crippen LogP contribution in [-0.2, 0) is 16.0 Å². The Balaban J connectivity index is 1.73. The Bertz CT molecular complexity index is 1340. The van der Waals surface area contributed by atoms with Crippen LogP contribution in [0.2, 0.25) is 10.0 Å². The molecule has 0 spiro atoms. The van der Waals surface area contributed by atoms with E-state index in [2.05, 4.69) is 5.32 Å². The number of halogens is 2. The Labute approximate surface area is 212 Å². The number of rotatable bonds is 5. The normalized spacial score (nSPS) is 16.8. The Hall–Kier alpha value is -3.24. The van der Waals surface area contributed by atoms with E-state index >= 15 is 0 Å². The van der Waals surface area contributed by atoms with E-state index in [1.807, 2.05) is 37.3 Å². The largest absolute Gasteiger partial charge is 0.321 e. The highest BCUT2D eigenvalue weighted by Gasteiger charge is 2.41. The van der Waals surface area contributed by atoms with E-state index in [0.717, 1.165) is 11.1 Å². The summed E-state index contributed by atoms with van der Waals surface area (Å²) in [7, 11) is 0. The second kappa shape index (κ2) is 10.4. The molecule has 1 aliphatic rings. The summed E-state index contributed by atoms with van der Waals surface area (Å²) >= 11 is 13.6. The van der Waals surface area contributed by atoms with E-state index in [1.165, 1.54) is 16.7 Å². The molecular formula is C26H19Cl2N3O2S. The average molecular weight is 508 g/mol. The van der Waals surface area contributed by atoms with E-state index in [-0.39, 0.29) is 16.5 Å². The van der Waals surface area contributed by atoms with Crippen molar-refractivity contribution >= 4 is 58.2 Å². The monoisotopic (exact) mass is 507 g/mol. The number of para-hydroxylation sites is 1. The van der Waals surface area contributed by atoms with Crippen LogP contribution in [0.4, 0.5) is 11.4 Å². The van der Waals surface area contributed by atoms with Crippen molar-refractivity contribution in [3.05, 3.63) is 105 Å². The summed E-state index contributed by atoms with van der Waals surface area (Å²) in [5.74, 6) is -0.816. The molecule has 1 atom stereocenters. The number of thioether (sulfide) groups is 1. The Morgan fingerprint density at radius 1 is 1.09 bits per heavy atom. The quantitative estimate of drug-likeness (QED) is 0.321. The summed E-state index contributed by atoms with van der Waals surface area (Å²) in [6.45, 7) is 1.91. The Morgan fingerprint density at radius 3 is 2.56 bits per heavy atom. The van der Waals surface area contributed by atoms with Crippen molar-refractivity contribution in [2.45, 2.75) is 18.6 Å². The fraction of sp³-hybridized carbons (Fsp3) is 0.115. The molecule has 4 rings (SSSR count). The van der Waals surface area contributed by atoms with Crippen LogP contribution in [0.1, 0.15) is 11.1 Å². The van der Waals surface area contributed by atoms with E-state index in [1.54, 1.807) is 48.5 Å². The molecular weight excluding hydrogens is 489 g/mol. The summed E-state index contributed by atoms with van der Waals surface area (Å²) in [6.07, 6.45) is 0.300. The molecule has 2 amide bonds. The molecule has 0 bridgehead atoms. The highest BCUT2D eigenvalue weighted by atomic mass is 35.5. The van der Waals surface area contributed by atoms with Crippen LogP contribution in [0, 0.1) is 18.3 Å². The van der Waals surface area contributed by atoms with Gasteiger partial charge in [-0.25, -0.2) is 0 Å². The number of hydrogen-bond acceptors (Lipinski definition) is 4. The highest BCUT2D eigenvalue weighted by Crippen LogP contribution is 2.42. The highest BCUT2D eigenvalue weighted by molar-refractivity contribution is 8.05. The standard InChI is InChI=1S/C26H19Cl2N3O2S/c1-16-6-5-7-19(12-16)30-24(32)21(15-29)26-31(20-8-3-2-4-9-20)25(33)23(34-26)14-17-13-18(27)10-11-22(17)28/h2-13,23H,14H2,1H3,(H,30,32)/b26-21-/t23-/m0/s1. The van der Waals surface area contributed by atoms with Crippen LogP contribution in [0.3, 0.4) is 0 Å².